The van der Waals surface area contributed by atoms with E-state index in [-0.39, 0.29) is 11.8 Å². The summed E-state index contributed by atoms with van der Waals surface area (Å²) in [5.74, 6) is -1.27. The molecule has 2 amide bonds. The van der Waals surface area contributed by atoms with Crippen LogP contribution in [0.15, 0.2) is 24.3 Å². The van der Waals surface area contributed by atoms with E-state index in [0.29, 0.717) is 12.1 Å². The molecule has 3 N–H and O–H groups in total. The van der Waals surface area contributed by atoms with Gasteiger partial charge in [-0.25, -0.2) is 0 Å². The molecule has 1 saturated carbocycles. The minimum Gasteiger partial charge on any atom is -0.480 e. The van der Waals surface area contributed by atoms with Crippen molar-refractivity contribution in [2.45, 2.75) is 45.2 Å². The Morgan fingerprint density at radius 2 is 1.78 bits per heavy atom. The van der Waals surface area contributed by atoms with Crippen LogP contribution in [0.4, 0.5) is 0 Å². The van der Waals surface area contributed by atoms with Gasteiger partial charge in [0.2, 0.25) is 5.91 Å². The Morgan fingerprint density at radius 1 is 1.17 bits per heavy atom. The molecule has 1 aliphatic rings. The van der Waals surface area contributed by atoms with Crippen molar-refractivity contribution in [3.05, 3.63) is 35.4 Å². The van der Waals surface area contributed by atoms with E-state index in [1.54, 1.807) is 24.3 Å². The van der Waals surface area contributed by atoms with E-state index in [9.17, 15) is 14.4 Å². The second kappa shape index (κ2) is 7.76. The van der Waals surface area contributed by atoms with Gasteiger partial charge in [0.25, 0.3) is 5.91 Å². The third kappa shape index (κ3) is 4.81. The molecule has 0 radical (unpaired) electrons. The average Bonchev–Trinajstić information content (AvgIpc) is 3.07. The summed E-state index contributed by atoms with van der Waals surface area (Å²) in [5.41, 5.74) is 1.29. The molecule has 2 rings (SSSR count). The summed E-state index contributed by atoms with van der Waals surface area (Å²) < 4.78 is 0. The van der Waals surface area contributed by atoms with Crippen LogP contribution in [0, 0.1) is 5.92 Å². The number of amides is 2. The van der Waals surface area contributed by atoms with E-state index >= 15 is 0 Å². The monoisotopic (exact) mass is 318 g/mol. The first-order chi connectivity index (χ1) is 11.0. The first-order valence-electron chi connectivity index (χ1n) is 7.87. The third-order valence-electron chi connectivity index (χ3n) is 4.13. The van der Waals surface area contributed by atoms with E-state index in [2.05, 4.69) is 10.6 Å². The van der Waals surface area contributed by atoms with Crippen LogP contribution in [0.2, 0.25) is 0 Å². The van der Waals surface area contributed by atoms with Crippen LogP contribution in [0.3, 0.4) is 0 Å². The summed E-state index contributed by atoms with van der Waals surface area (Å²) in [5, 5.41) is 14.1. The molecule has 1 unspecified atom stereocenters. The van der Waals surface area contributed by atoms with Gasteiger partial charge in [-0.1, -0.05) is 25.0 Å². The van der Waals surface area contributed by atoms with E-state index in [1.807, 2.05) is 0 Å². The predicted octanol–water partition coefficient (Wildman–Crippen LogP) is 1.70. The lowest BCUT2D eigenvalue weighted by Crippen LogP contribution is -2.38. The van der Waals surface area contributed by atoms with Crippen LogP contribution in [-0.4, -0.2) is 28.9 Å². The number of hydrogen-bond acceptors (Lipinski definition) is 3. The Morgan fingerprint density at radius 3 is 2.35 bits per heavy atom. The van der Waals surface area contributed by atoms with Crippen molar-refractivity contribution in [1.29, 1.82) is 0 Å². The zero-order valence-electron chi connectivity index (χ0n) is 13.2. The fourth-order valence-electron chi connectivity index (χ4n) is 2.64. The molecule has 0 saturated heterocycles. The Labute approximate surface area is 135 Å². The maximum absolute atomic E-state index is 11.9. The van der Waals surface area contributed by atoms with Crippen molar-refractivity contribution >= 4 is 17.8 Å². The van der Waals surface area contributed by atoms with Gasteiger partial charge in [0.05, 0.1) is 0 Å². The van der Waals surface area contributed by atoms with Gasteiger partial charge in [-0.3, -0.25) is 14.4 Å². The number of carboxylic acids is 1. The number of rotatable bonds is 6. The lowest BCUT2D eigenvalue weighted by atomic mass is 10.1. The topological polar surface area (TPSA) is 95.5 Å². The van der Waals surface area contributed by atoms with Crippen molar-refractivity contribution in [2.75, 3.05) is 0 Å². The summed E-state index contributed by atoms with van der Waals surface area (Å²) in [4.78, 5) is 34.5. The summed E-state index contributed by atoms with van der Waals surface area (Å²) in [6, 6.07) is 5.83. The van der Waals surface area contributed by atoms with Crippen LogP contribution in [0.25, 0.3) is 0 Å². The predicted molar refractivity (Wildman–Crippen MR) is 84.8 cm³/mol. The van der Waals surface area contributed by atoms with Gasteiger partial charge >= 0.3 is 5.97 Å². The molecule has 1 atom stereocenters. The third-order valence-corrected chi connectivity index (χ3v) is 4.13. The molecule has 0 bridgehead atoms. The standard InChI is InChI=1S/C17H22N2O4/c1-11(17(22)23)19-16(21)14-8-6-12(7-9-14)10-18-15(20)13-4-2-3-5-13/h6-9,11,13H,2-5,10H2,1H3,(H,18,20)(H,19,21)(H,22,23). The Balaban J connectivity index is 1.85. The molecule has 0 aliphatic heterocycles. The van der Waals surface area contributed by atoms with Crippen molar-refractivity contribution < 1.29 is 19.5 Å². The number of nitrogens with one attached hydrogen (secondary N) is 2. The van der Waals surface area contributed by atoms with Gasteiger partial charge in [-0.15, -0.1) is 0 Å². The minimum absolute atomic E-state index is 0.0969. The maximum Gasteiger partial charge on any atom is 0.325 e. The zero-order chi connectivity index (χ0) is 16.8. The first kappa shape index (κ1) is 17.0. The SMILES string of the molecule is CC(NC(=O)c1ccc(CNC(=O)C2CCCC2)cc1)C(=O)O. The average molecular weight is 318 g/mol. The molecule has 0 aromatic heterocycles. The van der Waals surface area contributed by atoms with Gasteiger partial charge in [-0.05, 0) is 37.5 Å². The summed E-state index contributed by atoms with van der Waals surface area (Å²) in [6.45, 7) is 1.84. The number of aliphatic carboxylic acids is 1. The minimum atomic E-state index is -1.08. The fraction of sp³-hybridized carbons (Fsp3) is 0.471. The Hall–Kier alpha value is -2.37. The Bertz CT molecular complexity index is 577. The molecule has 1 fully saturated rings. The van der Waals surface area contributed by atoms with Crippen molar-refractivity contribution in [1.82, 2.24) is 10.6 Å². The molecule has 0 spiro atoms. The highest BCUT2D eigenvalue weighted by atomic mass is 16.4. The van der Waals surface area contributed by atoms with Gasteiger partial charge in [0.15, 0.2) is 0 Å². The normalized spacial score (nSPS) is 15.9. The van der Waals surface area contributed by atoms with Crippen LogP contribution in [0.1, 0.15) is 48.5 Å². The molecule has 1 aromatic rings. The summed E-state index contributed by atoms with van der Waals surface area (Å²) in [6.07, 6.45) is 4.17. The van der Waals surface area contributed by atoms with Crippen LogP contribution in [-0.2, 0) is 16.1 Å². The van der Waals surface area contributed by atoms with Crippen LogP contribution >= 0.6 is 0 Å². The lowest BCUT2D eigenvalue weighted by Gasteiger charge is -2.11. The molecule has 124 valence electrons. The largest absolute Gasteiger partial charge is 0.480 e. The number of benzene rings is 1. The summed E-state index contributed by atoms with van der Waals surface area (Å²) in [7, 11) is 0. The molecule has 1 aromatic carbocycles. The van der Waals surface area contributed by atoms with E-state index < -0.39 is 17.9 Å². The molecular weight excluding hydrogens is 296 g/mol. The number of hydrogen-bond donors (Lipinski definition) is 3. The molecular formula is C17H22N2O4. The first-order valence-corrected chi connectivity index (χ1v) is 7.87. The second-order valence-corrected chi connectivity index (χ2v) is 5.93. The molecule has 0 heterocycles. The van der Waals surface area contributed by atoms with E-state index in [1.165, 1.54) is 6.92 Å². The summed E-state index contributed by atoms with van der Waals surface area (Å²) >= 11 is 0. The molecule has 1 aliphatic carbocycles. The van der Waals surface area contributed by atoms with Gasteiger partial charge in [-0.2, -0.15) is 0 Å². The zero-order valence-corrected chi connectivity index (χ0v) is 13.2. The fourth-order valence-corrected chi connectivity index (χ4v) is 2.64. The van der Waals surface area contributed by atoms with Crippen molar-refractivity contribution in [3.8, 4) is 0 Å². The highest BCUT2D eigenvalue weighted by Gasteiger charge is 2.22. The highest BCUT2D eigenvalue weighted by Crippen LogP contribution is 2.24. The lowest BCUT2D eigenvalue weighted by molar-refractivity contribution is -0.138. The molecule has 6 nitrogen and oxygen atoms in total. The second-order valence-electron chi connectivity index (χ2n) is 5.93. The smallest absolute Gasteiger partial charge is 0.325 e. The maximum atomic E-state index is 11.9. The van der Waals surface area contributed by atoms with E-state index in [0.717, 1.165) is 31.2 Å². The highest BCUT2D eigenvalue weighted by molar-refractivity contribution is 5.96. The van der Waals surface area contributed by atoms with E-state index in [4.69, 9.17) is 5.11 Å². The molecule has 23 heavy (non-hydrogen) atoms. The number of carbonyl (C=O) groups is 3. The van der Waals surface area contributed by atoms with Gasteiger partial charge < -0.3 is 15.7 Å². The number of carbonyl (C=O) groups excluding carboxylic acids is 2. The van der Waals surface area contributed by atoms with Crippen LogP contribution in [0.5, 0.6) is 0 Å². The van der Waals surface area contributed by atoms with Gasteiger partial charge in [0.1, 0.15) is 6.04 Å². The quantitative estimate of drug-likeness (QED) is 0.744. The molecule has 6 heteroatoms. The van der Waals surface area contributed by atoms with Crippen molar-refractivity contribution in [2.24, 2.45) is 5.92 Å². The Kier molecular flexibility index (Phi) is 5.73. The number of carboxylic acid groups (broad SMARTS) is 1. The van der Waals surface area contributed by atoms with Crippen molar-refractivity contribution in [3.63, 3.8) is 0 Å². The van der Waals surface area contributed by atoms with Crippen LogP contribution < -0.4 is 10.6 Å². The van der Waals surface area contributed by atoms with Gasteiger partial charge in [0, 0.05) is 18.0 Å².